The van der Waals surface area contributed by atoms with E-state index in [1.165, 1.54) is 0 Å². The summed E-state index contributed by atoms with van der Waals surface area (Å²) in [5.41, 5.74) is 2.12. The molecule has 21 heavy (non-hydrogen) atoms. The summed E-state index contributed by atoms with van der Waals surface area (Å²) in [5, 5.41) is 0.734. The fraction of sp³-hybridized carbons (Fsp3) is 0.294. The minimum atomic E-state index is -0.342. The van der Waals surface area contributed by atoms with E-state index >= 15 is 0 Å². The predicted molar refractivity (Wildman–Crippen MR) is 81.6 cm³/mol. The van der Waals surface area contributed by atoms with E-state index in [0.29, 0.717) is 6.61 Å². The number of benzene rings is 2. The van der Waals surface area contributed by atoms with Crippen LogP contribution in [0.1, 0.15) is 29.9 Å². The molecule has 0 amide bonds. The van der Waals surface area contributed by atoms with Crippen LogP contribution in [0.4, 0.5) is 0 Å². The summed E-state index contributed by atoms with van der Waals surface area (Å²) < 4.78 is 17.0. The minimum Gasteiger partial charge on any atom is -0.497 e. The molecule has 0 aromatic heterocycles. The summed E-state index contributed by atoms with van der Waals surface area (Å²) in [6.45, 7) is 0.671. The van der Waals surface area contributed by atoms with Crippen LogP contribution in [0.2, 0.25) is 5.02 Å². The highest BCUT2D eigenvalue weighted by Crippen LogP contribution is 2.35. The topological polar surface area (TPSA) is 27.7 Å². The van der Waals surface area contributed by atoms with Crippen LogP contribution in [0.3, 0.4) is 0 Å². The van der Waals surface area contributed by atoms with E-state index in [1.807, 2.05) is 48.5 Å². The molecule has 2 aromatic rings. The average Bonchev–Trinajstić information content (AvgIpc) is 2.56. The lowest BCUT2D eigenvalue weighted by Gasteiger charge is -2.30. The molecule has 1 aliphatic heterocycles. The van der Waals surface area contributed by atoms with Crippen LogP contribution in [-0.4, -0.2) is 13.7 Å². The van der Waals surface area contributed by atoms with E-state index < -0.39 is 0 Å². The van der Waals surface area contributed by atoms with Gasteiger partial charge in [0.25, 0.3) is 0 Å². The highest BCUT2D eigenvalue weighted by molar-refractivity contribution is 6.30. The van der Waals surface area contributed by atoms with Gasteiger partial charge in [0.05, 0.1) is 19.8 Å². The standard InChI is InChI=1S/C17H17ClO3/c1-19-15-8-4-13(5-9-15)17-20-11-10-16(21-17)12-2-6-14(18)7-3-12/h2-9,16-17H,10-11H2,1H3. The smallest absolute Gasteiger partial charge is 0.184 e. The molecule has 0 radical (unpaired) electrons. The zero-order chi connectivity index (χ0) is 14.7. The maximum Gasteiger partial charge on any atom is 0.184 e. The second-order valence-corrected chi connectivity index (χ2v) is 5.38. The van der Waals surface area contributed by atoms with Crippen molar-refractivity contribution in [2.24, 2.45) is 0 Å². The summed E-state index contributed by atoms with van der Waals surface area (Å²) in [6, 6.07) is 15.5. The van der Waals surface area contributed by atoms with Crippen LogP contribution < -0.4 is 4.74 Å². The number of methoxy groups -OCH3 is 1. The Labute approximate surface area is 129 Å². The SMILES string of the molecule is COc1ccc(C2OCCC(c3ccc(Cl)cc3)O2)cc1. The molecule has 4 heteroatoms. The second-order valence-electron chi connectivity index (χ2n) is 4.94. The lowest BCUT2D eigenvalue weighted by Crippen LogP contribution is -2.21. The molecule has 1 saturated heterocycles. The maximum absolute atomic E-state index is 6.07. The van der Waals surface area contributed by atoms with Gasteiger partial charge in [-0.25, -0.2) is 0 Å². The Morgan fingerprint density at radius 2 is 1.67 bits per heavy atom. The van der Waals surface area contributed by atoms with Crippen molar-refractivity contribution < 1.29 is 14.2 Å². The highest BCUT2D eigenvalue weighted by Gasteiger charge is 2.25. The Kier molecular flexibility index (Phi) is 4.44. The van der Waals surface area contributed by atoms with E-state index in [1.54, 1.807) is 7.11 Å². The quantitative estimate of drug-likeness (QED) is 0.834. The first-order valence-corrected chi connectivity index (χ1v) is 7.30. The van der Waals surface area contributed by atoms with Gasteiger partial charge in [-0.1, -0.05) is 35.9 Å². The van der Waals surface area contributed by atoms with E-state index in [9.17, 15) is 0 Å². The molecule has 0 saturated carbocycles. The summed E-state index contributed by atoms with van der Waals surface area (Å²) in [7, 11) is 1.65. The molecule has 110 valence electrons. The third kappa shape index (κ3) is 3.38. The minimum absolute atomic E-state index is 0.0307. The van der Waals surface area contributed by atoms with Gasteiger partial charge in [0.15, 0.2) is 6.29 Å². The Morgan fingerprint density at radius 1 is 1.00 bits per heavy atom. The lowest BCUT2D eigenvalue weighted by atomic mass is 10.1. The van der Waals surface area contributed by atoms with Crippen molar-refractivity contribution in [1.29, 1.82) is 0 Å². The van der Waals surface area contributed by atoms with E-state index in [4.69, 9.17) is 25.8 Å². The fourth-order valence-corrected chi connectivity index (χ4v) is 2.52. The monoisotopic (exact) mass is 304 g/mol. The van der Waals surface area contributed by atoms with Gasteiger partial charge in [0.1, 0.15) is 5.75 Å². The van der Waals surface area contributed by atoms with Crippen LogP contribution in [-0.2, 0) is 9.47 Å². The normalized spacial score (nSPS) is 22.0. The van der Waals surface area contributed by atoms with Crippen molar-refractivity contribution in [2.45, 2.75) is 18.8 Å². The van der Waals surface area contributed by atoms with Gasteiger partial charge >= 0.3 is 0 Å². The Morgan fingerprint density at radius 3 is 2.33 bits per heavy atom. The molecule has 1 heterocycles. The molecule has 1 aliphatic rings. The number of hydrogen-bond acceptors (Lipinski definition) is 3. The molecule has 0 N–H and O–H groups in total. The third-order valence-electron chi connectivity index (χ3n) is 3.57. The molecule has 0 spiro atoms. The number of halogens is 1. The molecule has 2 aromatic carbocycles. The largest absolute Gasteiger partial charge is 0.497 e. The van der Waals surface area contributed by atoms with Crippen LogP contribution in [0.25, 0.3) is 0 Å². The van der Waals surface area contributed by atoms with Gasteiger partial charge in [-0.05, 0) is 29.8 Å². The third-order valence-corrected chi connectivity index (χ3v) is 3.82. The fourth-order valence-electron chi connectivity index (χ4n) is 2.40. The van der Waals surface area contributed by atoms with Gasteiger partial charge in [0, 0.05) is 17.0 Å². The molecule has 1 fully saturated rings. The zero-order valence-electron chi connectivity index (χ0n) is 11.8. The molecule has 2 unspecified atom stereocenters. The first kappa shape index (κ1) is 14.4. The average molecular weight is 305 g/mol. The van der Waals surface area contributed by atoms with Crippen molar-refractivity contribution in [3.63, 3.8) is 0 Å². The summed E-state index contributed by atoms with van der Waals surface area (Å²) in [5.74, 6) is 0.823. The van der Waals surface area contributed by atoms with Crippen molar-refractivity contribution in [3.05, 3.63) is 64.7 Å². The van der Waals surface area contributed by atoms with Gasteiger partial charge in [0.2, 0.25) is 0 Å². The summed E-state index contributed by atoms with van der Waals surface area (Å²) in [6.07, 6.45) is 0.530. The number of rotatable bonds is 3. The van der Waals surface area contributed by atoms with Gasteiger partial charge < -0.3 is 14.2 Å². The van der Waals surface area contributed by atoms with E-state index in [-0.39, 0.29) is 12.4 Å². The zero-order valence-corrected chi connectivity index (χ0v) is 12.5. The Hall–Kier alpha value is -1.55. The van der Waals surface area contributed by atoms with E-state index in [0.717, 1.165) is 28.3 Å². The van der Waals surface area contributed by atoms with Crippen molar-refractivity contribution >= 4 is 11.6 Å². The summed E-state index contributed by atoms with van der Waals surface area (Å²) >= 11 is 5.93. The van der Waals surface area contributed by atoms with Crippen molar-refractivity contribution in [3.8, 4) is 5.75 Å². The van der Waals surface area contributed by atoms with Gasteiger partial charge in [-0.3, -0.25) is 0 Å². The molecule has 3 nitrogen and oxygen atoms in total. The van der Waals surface area contributed by atoms with Crippen LogP contribution in [0, 0.1) is 0 Å². The van der Waals surface area contributed by atoms with Gasteiger partial charge in [-0.15, -0.1) is 0 Å². The van der Waals surface area contributed by atoms with Crippen molar-refractivity contribution in [1.82, 2.24) is 0 Å². The number of hydrogen-bond donors (Lipinski definition) is 0. The first-order chi connectivity index (χ1) is 10.3. The highest BCUT2D eigenvalue weighted by atomic mass is 35.5. The predicted octanol–water partition coefficient (Wildman–Crippen LogP) is 4.53. The maximum atomic E-state index is 6.07. The molecule has 2 atom stereocenters. The first-order valence-electron chi connectivity index (χ1n) is 6.93. The second kappa shape index (κ2) is 6.48. The summed E-state index contributed by atoms with van der Waals surface area (Å²) in [4.78, 5) is 0. The lowest BCUT2D eigenvalue weighted by molar-refractivity contribution is -0.219. The molecule has 0 aliphatic carbocycles. The Bertz CT molecular complexity index is 580. The molecular formula is C17H17ClO3. The molecule has 3 rings (SSSR count). The molecular weight excluding hydrogens is 288 g/mol. The Balaban J connectivity index is 1.74. The molecule has 0 bridgehead atoms. The van der Waals surface area contributed by atoms with Crippen LogP contribution in [0.5, 0.6) is 5.75 Å². The van der Waals surface area contributed by atoms with Crippen molar-refractivity contribution in [2.75, 3.05) is 13.7 Å². The van der Waals surface area contributed by atoms with E-state index in [2.05, 4.69) is 0 Å². The van der Waals surface area contributed by atoms with Crippen LogP contribution in [0.15, 0.2) is 48.5 Å². The van der Waals surface area contributed by atoms with Crippen LogP contribution >= 0.6 is 11.6 Å². The van der Waals surface area contributed by atoms with Gasteiger partial charge in [-0.2, -0.15) is 0 Å². The number of ether oxygens (including phenoxy) is 3.